The van der Waals surface area contributed by atoms with Crippen LogP contribution in [-0.2, 0) is 20.6 Å². The van der Waals surface area contributed by atoms with Crippen molar-refractivity contribution in [2.75, 3.05) is 6.61 Å². The van der Waals surface area contributed by atoms with E-state index in [2.05, 4.69) is 30.8 Å². The summed E-state index contributed by atoms with van der Waals surface area (Å²) in [6.45, 7) is 3.69. The molecule has 4 heterocycles. The van der Waals surface area contributed by atoms with Gasteiger partial charge in [0.2, 0.25) is 6.29 Å². The highest BCUT2D eigenvalue weighted by molar-refractivity contribution is 5.30. The minimum atomic E-state index is -1.64. The second-order valence-electron chi connectivity index (χ2n) is 13.1. The fourth-order valence-electron chi connectivity index (χ4n) is 8.02. The molecule has 1 aromatic carbocycles. The largest absolute Gasteiger partial charge is 0.486 e. The van der Waals surface area contributed by atoms with Crippen molar-refractivity contribution in [2.24, 2.45) is 17.3 Å². The molecule has 11 atom stereocenters. The van der Waals surface area contributed by atoms with Gasteiger partial charge in [0, 0.05) is 36.7 Å². The Bertz CT molecular complexity index is 1300. The number of aliphatic hydroxyl groups is 5. The van der Waals surface area contributed by atoms with Crippen LogP contribution in [0.5, 0.6) is 5.75 Å². The molecule has 2 aliphatic carbocycles. The molecule has 6 aliphatic rings. The fraction of sp³-hybridized carbons (Fsp3) is 0.600. The van der Waals surface area contributed by atoms with Gasteiger partial charge in [-0.05, 0) is 68.7 Å². The smallest absolute Gasteiger partial charge is 0.243 e. The van der Waals surface area contributed by atoms with E-state index in [0.29, 0.717) is 37.9 Å². The van der Waals surface area contributed by atoms with Crippen molar-refractivity contribution in [3.63, 3.8) is 0 Å². The molecular weight excluding hydrogens is 564 g/mol. The maximum atomic E-state index is 12.0. The molecule has 2 fully saturated rings. The van der Waals surface area contributed by atoms with Gasteiger partial charge in [-0.15, -0.1) is 6.58 Å². The summed E-state index contributed by atoms with van der Waals surface area (Å²) in [7, 11) is 0. The fourth-order valence-corrected chi connectivity index (χ4v) is 8.02. The highest BCUT2D eigenvalue weighted by Gasteiger charge is 2.64. The first-order chi connectivity index (χ1) is 21.2. The number of ether oxygens (including phenoxy) is 4. The van der Waals surface area contributed by atoms with E-state index >= 15 is 0 Å². The number of benzene rings is 1. The van der Waals surface area contributed by atoms with Gasteiger partial charge in [0.25, 0.3) is 0 Å². The van der Waals surface area contributed by atoms with Gasteiger partial charge in [-0.3, -0.25) is 0 Å². The Morgan fingerprint density at radius 3 is 2.73 bits per heavy atom. The van der Waals surface area contributed by atoms with Crippen molar-refractivity contribution < 1.29 is 44.5 Å². The lowest BCUT2D eigenvalue weighted by atomic mass is 9.58. The van der Waals surface area contributed by atoms with Gasteiger partial charge in [0.05, 0.1) is 18.0 Å². The van der Waals surface area contributed by atoms with Gasteiger partial charge in [-0.2, -0.15) is 0 Å². The molecule has 4 aliphatic heterocycles. The van der Waals surface area contributed by atoms with Crippen LogP contribution in [-0.4, -0.2) is 80.2 Å². The van der Waals surface area contributed by atoms with E-state index in [0.717, 1.165) is 18.4 Å². The van der Waals surface area contributed by atoms with Crippen LogP contribution < -0.4 is 4.74 Å². The molecule has 44 heavy (non-hydrogen) atoms. The lowest BCUT2D eigenvalue weighted by molar-refractivity contribution is -0.334. The summed E-state index contributed by atoms with van der Waals surface area (Å²) in [5, 5.41) is 56.6. The van der Waals surface area contributed by atoms with Gasteiger partial charge < -0.3 is 44.5 Å². The summed E-state index contributed by atoms with van der Waals surface area (Å²) in [5.41, 5.74) is -2.33. The highest BCUT2D eigenvalue weighted by atomic mass is 16.7. The summed E-state index contributed by atoms with van der Waals surface area (Å²) in [6, 6.07) is 7.43. The molecule has 0 aromatic heterocycles. The quantitative estimate of drug-likeness (QED) is 0.234. The molecule has 0 unspecified atom stereocenters. The minimum absolute atomic E-state index is 0.0402. The zero-order valence-electron chi connectivity index (χ0n) is 25.0. The van der Waals surface area contributed by atoms with Crippen LogP contribution >= 0.6 is 0 Å². The summed E-state index contributed by atoms with van der Waals surface area (Å²) >= 11 is 0. The predicted octanol–water partition coefficient (Wildman–Crippen LogP) is 2.89. The Morgan fingerprint density at radius 1 is 1.14 bits per heavy atom. The monoisotopic (exact) mass is 608 g/mol. The SMILES string of the molecule is C=CCc1ccc(O[C@H]2O[C@H]3[C@@H](O)[C@H](O)[C@]24C[C@H]([C@@H](O)CC#CO[C@@H]3CCCO)[C@@]2(C=CO4)C=C[C@H]3CCC[C@@]3(O)C2)cc1. The molecule has 9 nitrogen and oxygen atoms in total. The van der Waals surface area contributed by atoms with E-state index in [-0.39, 0.29) is 25.4 Å². The van der Waals surface area contributed by atoms with E-state index in [1.807, 2.05) is 24.3 Å². The number of rotatable bonds is 7. The van der Waals surface area contributed by atoms with Gasteiger partial charge >= 0.3 is 0 Å². The highest BCUT2D eigenvalue weighted by Crippen LogP contribution is 2.57. The van der Waals surface area contributed by atoms with Gasteiger partial charge in [0.1, 0.15) is 36.3 Å². The molecule has 7 rings (SSSR count). The predicted molar refractivity (Wildman–Crippen MR) is 161 cm³/mol. The van der Waals surface area contributed by atoms with Crippen LogP contribution in [0.3, 0.4) is 0 Å². The molecular formula is C35H44O9. The Labute approximate surface area is 258 Å². The number of hydrogen-bond donors (Lipinski definition) is 5. The average Bonchev–Trinajstić information content (AvgIpc) is 3.31. The summed E-state index contributed by atoms with van der Waals surface area (Å²) in [4.78, 5) is 0. The molecule has 3 bridgehead atoms. The molecule has 5 N–H and O–H groups in total. The molecule has 238 valence electrons. The molecule has 1 saturated heterocycles. The molecule has 0 radical (unpaired) electrons. The van der Waals surface area contributed by atoms with Crippen molar-refractivity contribution in [3.05, 3.63) is 67.0 Å². The Hall–Kier alpha value is -2.84. The molecule has 0 amide bonds. The maximum Gasteiger partial charge on any atom is 0.243 e. The van der Waals surface area contributed by atoms with Gasteiger partial charge in [-0.25, -0.2) is 0 Å². The minimum Gasteiger partial charge on any atom is -0.486 e. The Kier molecular flexibility index (Phi) is 8.86. The van der Waals surface area contributed by atoms with Crippen molar-refractivity contribution in [2.45, 2.75) is 106 Å². The van der Waals surface area contributed by atoms with Crippen LogP contribution in [0.4, 0.5) is 0 Å². The Morgan fingerprint density at radius 2 is 1.95 bits per heavy atom. The average molecular weight is 609 g/mol. The molecule has 1 saturated carbocycles. The van der Waals surface area contributed by atoms with Crippen LogP contribution in [0.2, 0.25) is 0 Å². The zero-order valence-corrected chi connectivity index (χ0v) is 25.0. The van der Waals surface area contributed by atoms with E-state index in [1.165, 1.54) is 6.26 Å². The second-order valence-corrected chi connectivity index (χ2v) is 13.1. The summed E-state index contributed by atoms with van der Waals surface area (Å²) in [6.07, 6.45) is 9.27. The third kappa shape index (κ3) is 5.57. The van der Waals surface area contributed by atoms with E-state index < -0.39 is 59.3 Å². The first-order valence-corrected chi connectivity index (χ1v) is 15.8. The van der Waals surface area contributed by atoms with Crippen molar-refractivity contribution in [1.29, 1.82) is 0 Å². The Balaban J connectivity index is 1.44. The summed E-state index contributed by atoms with van der Waals surface area (Å²) in [5.74, 6) is 2.85. The first kappa shape index (κ1) is 31.2. The number of allylic oxidation sites excluding steroid dienone is 3. The van der Waals surface area contributed by atoms with E-state index in [1.54, 1.807) is 12.1 Å². The van der Waals surface area contributed by atoms with E-state index in [9.17, 15) is 25.5 Å². The van der Waals surface area contributed by atoms with Crippen LogP contribution in [0.15, 0.2) is 61.4 Å². The zero-order chi connectivity index (χ0) is 31.0. The van der Waals surface area contributed by atoms with Crippen molar-refractivity contribution in [1.82, 2.24) is 0 Å². The normalized spacial score (nSPS) is 42.5. The topological polar surface area (TPSA) is 138 Å². The van der Waals surface area contributed by atoms with Crippen LogP contribution in [0.25, 0.3) is 0 Å². The first-order valence-electron chi connectivity index (χ1n) is 15.8. The second kappa shape index (κ2) is 12.5. The van der Waals surface area contributed by atoms with Crippen LogP contribution in [0.1, 0.15) is 56.9 Å². The maximum absolute atomic E-state index is 12.0. The van der Waals surface area contributed by atoms with E-state index in [4.69, 9.17) is 18.9 Å². The lowest BCUT2D eigenvalue weighted by Gasteiger charge is -2.53. The number of aliphatic hydroxyl groups excluding tert-OH is 4. The van der Waals surface area contributed by atoms with Crippen LogP contribution in [0, 0.1) is 29.3 Å². The molecule has 1 aromatic rings. The number of fused-ring (bicyclic) bond motifs is 7. The molecule has 9 heteroatoms. The third-order valence-electron chi connectivity index (χ3n) is 10.4. The summed E-state index contributed by atoms with van der Waals surface area (Å²) < 4.78 is 25.2. The van der Waals surface area contributed by atoms with Crippen molar-refractivity contribution in [3.8, 4) is 17.8 Å². The lowest BCUT2D eigenvalue weighted by Crippen LogP contribution is -2.70. The van der Waals surface area contributed by atoms with Gasteiger partial charge in [-0.1, -0.05) is 36.3 Å². The van der Waals surface area contributed by atoms with Crippen molar-refractivity contribution >= 4 is 0 Å². The molecule has 2 spiro atoms. The standard InChI is InChI=1S/C35H44O9/c1-2-6-23-10-12-25(13-11-23)43-32-35-21-26(33(17-20-42-35)16-14-24-7-3-15-34(24,40)22-33)27(37)8-5-19-41-28(9-4-18-36)30(44-32)29(38)31(35)39/h2,10-14,16-17,20,24,26-32,36-40H,1,3-4,6-9,15,18,21-22H2/t24-,26-,27+,28-,29-,30-,31+,32+,33-,34-,35-/m1/s1. The number of hydrogen-bond acceptors (Lipinski definition) is 9. The van der Waals surface area contributed by atoms with Gasteiger partial charge in [0.15, 0.2) is 5.60 Å². The third-order valence-corrected chi connectivity index (χ3v) is 10.4.